The molecule has 200 valence electrons. The van der Waals surface area contributed by atoms with Crippen LogP contribution in [0.4, 0.5) is 10.1 Å². The summed E-state index contributed by atoms with van der Waals surface area (Å²) in [6.07, 6.45) is 2.85. The van der Waals surface area contributed by atoms with Gasteiger partial charge < -0.3 is 20.0 Å². The lowest BCUT2D eigenvalue weighted by Gasteiger charge is -2.35. The van der Waals surface area contributed by atoms with Crippen LogP contribution in [0.5, 0.6) is 0 Å². The number of carbonyl (C=O) groups excluding carboxylic acids is 1. The number of halogens is 1. The molecule has 2 aromatic heterocycles. The fraction of sp³-hybridized carbons (Fsp3) is 0.367. The van der Waals surface area contributed by atoms with Crippen LogP contribution in [0, 0.1) is 5.82 Å². The van der Waals surface area contributed by atoms with E-state index >= 15 is 4.39 Å². The zero-order chi connectivity index (χ0) is 26.8. The highest BCUT2D eigenvalue weighted by atomic mass is 19.1. The lowest BCUT2D eigenvalue weighted by molar-refractivity contribution is 0.0572. The molecule has 0 spiro atoms. The summed E-state index contributed by atoms with van der Waals surface area (Å²) in [4.78, 5) is 22.1. The van der Waals surface area contributed by atoms with Gasteiger partial charge in [0, 0.05) is 36.4 Å². The molecule has 0 bridgehead atoms. The number of aliphatic hydroxyl groups is 2. The average molecular weight is 528 g/mol. The molecule has 7 rings (SSSR count). The summed E-state index contributed by atoms with van der Waals surface area (Å²) >= 11 is 0. The van der Waals surface area contributed by atoms with Crippen LogP contribution in [0.1, 0.15) is 58.9 Å². The van der Waals surface area contributed by atoms with Crippen LogP contribution < -0.4 is 4.90 Å². The van der Waals surface area contributed by atoms with Crippen LogP contribution >= 0.6 is 0 Å². The Morgan fingerprint density at radius 1 is 1.03 bits per heavy atom. The minimum Gasteiger partial charge on any atom is -0.389 e. The predicted molar refractivity (Wildman–Crippen MR) is 144 cm³/mol. The number of anilines is 1. The monoisotopic (exact) mass is 527 g/mol. The van der Waals surface area contributed by atoms with E-state index in [1.165, 1.54) is 17.2 Å². The van der Waals surface area contributed by atoms with Gasteiger partial charge in [0.1, 0.15) is 11.5 Å². The van der Waals surface area contributed by atoms with Gasteiger partial charge in [0.15, 0.2) is 5.65 Å². The number of rotatable bonds is 4. The SMILES string of the molecule is C[C@@H]1c2ccccc2CCN1C(=O)c1cc(C2CC2)c2nc(-c3ccc(N4C[C@H](O)[C@@H](O)C4)cc3F)cn2n1. The highest BCUT2D eigenvalue weighted by Gasteiger charge is 2.33. The molecule has 1 aliphatic carbocycles. The lowest BCUT2D eigenvalue weighted by Crippen LogP contribution is -2.39. The van der Waals surface area contributed by atoms with Gasteiger partial charge >= 0.3 is 0 Å². The van der Waals surface area contributed by atoms with Gasteiger partial charge in [0.2, 0.25) is 0 Å². The molecule has 8 nitrogen and oxygen atoms in total. The van der Waals surface area contributed by atoms with Crippen molar-refractivity contribution in [1.29, 1.82) is 0 Å². The number of benzene rings is 2. The van der Waals surface area contributed by atoms with Gasteiger partial charge in [-0.3, -0.25) is 4.79 Å². The molecule has 4 heterocycles. The zero-order valence-electron chi connectivity index (χ0n) is 21.7. The van der Waals surface area contributed by atoms with Gasteiger partial charge in [-0.05, 0) is 67.5 Å². The molecule has 2 N–H and O–H groups in total. The number of amides is 1. The Hall–Kier alpha value is -3.82. The molecular weight excluding hydrogens is 497 g/mol. The van der Waals surface area contributed by atoms with E-state index < -0.39 is 18.0 Å². The van der Waals surface area contributed by atoms with Crippen molar-refractivity contribution in [2.45, 2.75) is 50.4 Å². The maximum atomic E-state index is 15.3. The summed E-state index contributed by atoms with van der Waals surface area (Å²) in [5, 5.41) is 24.4. The molecule has 2 aliphatic heterocycles. The highest BCUT2D eigenvalue weighted by Crippen LogP contribution is 2.42. The van der Waals surface area contributed by atoms with Gasteiger partial charge in [-0.25, -0.2) is 13.9 Å². The first-order chi connectivity index (χ1) is 18.9. The molecule has 1 amide bonds. The predicted octanol–water partition coefficient (Wildman–Crippen LogP) is 3.71. The summed E-state index contributed by atoms with van der Waals surface area (Å²) in [5.41, 5.74) is 5.82. The standard InChI is InChI=1S/C30H30FN5O3/c1-17-21-5-3-2-4-18(21)10-11-35(17)30(39)25-13-23(19-6-7-19)29-32-26(14-36(29)33-25)22-9-8-20(12-24(22)31)34-15-27(37)28(38)16-34/h2-5,8-9,12-14,17,19,27-28,37-38H,6-7,10-11,15-16H2,1H3/t17-,27+,28+/m1/s1. The summed E-state index contributed by atoms with van der Waals surface area (Å²) in [6.45, 7) is 3.19. The van der Waals surface area contributed by atoms with Crippen molar-refractivity contribution in [3.05, 3.63) is 82.9 Å². The van der Waals surface area contributed by atoms with E-state index in [9.17, 15) is 15.0 Å². The fourth-order valence-corrected chi connectivity index (χ4v) is 6.02. The Bertz CT molecular complexity index is 1590. The molecular formula is C30H30FN5O3. The lowest BCUT2D eigenvalue weighted by atomic mass is 9.93. The zero-order valence-corrected chi connectivity index (χ0v) is 21.7. The highest BCUT2D eigenvalue weighted by molar-refractivity contribution is 5.93. The molecule has 39 heavy (non-hydrogen) atoms. The number of fused-ring (bicyclic) bond motifs is 2. The minimum atomic E-state index is -0.849. The number of hydrogen-bond donors (Lipinski definition) is 2. The second-order valence-electron chi connectivity index (χ2n) is 11.0. The van der Waals surface area contributed by atoms with E-state index in [0.29, 0.717) is 40.7 Å². The molecule has 0 unspecified atom stereocenters. The van der Waals surface area contributed by atoms with Gasteiger partial charge in [-0.15, -0.1) is 0 Å². The van der Waals surface area contributed by atoms with E-state index in [1.54, 1.807) is 27.7 Å². The van der Waals surface area contributed by atoms with Crippen molar-refractivity contribution in [2.24, 2.45) is 0 Å². The number of carbonyl (C=O) groups is 1. The quantitative estimate of drug-likeness (QED) is 0.420. The van der Waals surface area contributed by atoms with Crippen LogP contribution in [0.25, 0.3) is 16.9 Å². The van der Waals surface area contributed by atoms with Crippen molar-refractivity contribution in [2.75, 3.05) is 24.5 Å². The number of β-amino-alcohol motifs (C(OH)–C–C–N with tert-alkyl or cyclic N) is 2. The maximum absolute atomic E-state index is 15.3. The number of imidazole rings is 1. The summed E-state index contributed by atoms with van der Waals surface area (Å²) in [7, 11) is 0. The first-order valence-electron chi connectivity index (χ1n) is 13.6. The number of hydrogen-bond acceptors (Lipinski definition) is 6. The topological polar surface area (TPSA) is 94.2 Å². The van der Waals surface area contributed by atoms with Crippen molar-refractivity contribution in [3.8, 4) is 11.3 Å². The van der Waals surface area contributed by atoms with Gasteiger partial charge in [0.25, 0.3) is 5.91 Å². The minimum absolute atomic E-state index is 0.0480. The molecule has 0 radical (unpaired) electrons. The third-order valence-corrected chi connectivity index (χ3v) is 8.40. The third-order valence-electron chi connectivity index (χ3n) is 8.40. The molecule has 1 saturated carbocycles. The normalized spacial score (nSPS) is 22.9. The van der Waals surface area contributed by atoms with Gasteiger partial charge in [0.05, 0.1) is 30.1 Å². The van der Waals surface area contributed by atoms with E-state index in [4.69, 9.17) is 4.98 Å². The second kappa shape index (κ2) is 9.14. The maximum Gasteiger partial charge on any atom is 0.274 e. The molecule has 2 fully saturated rings. The summed E-state index contributed by atoms with van der Waals surface area (Å²) in [6, 6.07) is 14.9. The Kier molecular flexibility index (Phi) is 5.68. The smallest absolute Gasteiger partial charge is 0.274 e. The summed E-state index contributed by atoms with van der Waals surface area (Å²) < 4.78 is 16.9. The van der Waals surface area contributed by atoms with Crippen molar-refractivity contribution < 1.29 is 19.4 Å². The molecule has 9 heteroatoms. The molecule has 1 saturated heterocycles. The fourth-order valence-electron chi connectivity index (χ4n) is 6.02. The van der Waals surface area contributed by atoms with Crippen LogP contribution in [-0.2, 0) is 6.42 Å². The van der Waals surface area contributed by atoms with E-state index in [2.05, 4.69) is 24.2 Å². The molecule has 4 aromatic rings. The number of nitrogens with zero attached hydrogens (tertiary/aromatic N) is 5. The Balaban J connectivity index is 1.22. The molecule has 2 aromatic carbocycles. The van der Waals surface area contributed by atoms with Crippen molar-refractivity contribution in [3.63, 3.8) is 0 Å². The Morgan fingerprint density at radius 2 is 1.79 bits per heavy atom. The Labute approximate surface area is 225 Å². The molecule has 3 aliphatic rings. The Morgan fingerprint density at radius 3 is 2.54 bits per heavy atom. The average Bonchev–Trinajstić information content (AvgIpc) is 3.61. The van der Waals surface area contributed by atoms with Crippen molar-refractivity contribution in [1.82, 2.24) is 19.5 Å². The van der Waals surface area contributed by atoms with Crippen LogP contribution in [0.3, 0.4) is 0 Å². The van der Waals surface area contributed by atoms with Gasteiger partial charge in [-0.2, -0.15) is 5.10 Å². The number of aromatic nitrogens is 3. The van der Waals surface area contributed by atoms with E-state index in [0.717, 1.165) is 24.8 Å². The second-order valence-corrected chi connectivity index (χ2v) is 11.0. The van der Waals surface area contributed by atoms with Crippen LogP contribution in [-0.4, -0.2) is 67.5 Å². The number of aliphatic hydroxyl groups excluding tert-OH is 2. The molecule has 3 atom stereocenters. The van der Waals surface area contributed by atoms with Crippen molar-refractivity contribution >= 4 is 17.2 Å². The third kappa shape index (κ3) is 4.17. The summed E-state index contributed by atoms with van der Waals surface area (Å²) in [5.74, 6) is -0.240. The van der Waals surface area contributed by atoms with Gasteiger partial charge in [-0.1, -0.05) is 24.3 Å². The van der Waals surface area contributed by atoms with Crippen LogP contribution in [0.15, 0.2) is 54.7 Å². The van der Waals surface area contributed by atoms with E-state index in [-0.39, 0.29) is 25.0 Å². The van der Waals surface area contributed by atoms with Crippen LogP contribution in [0.2, 0.25) is 0 Å². The van der Waals surface area contributed by atoms with E-state index in [1.807, 2.05) is 23.1 Å². The largest absolute Gasteiger partial charge is 0.389 e. The first-order valence-corrected chi connectivity index (χ1v) is 13.6. The first kappa shape index (κ1) is 24.2.